The lowest BCUT2D eigenvalue weighted by Crippen LogP contribution is -1.94. The average molecular weight is 287 g/mol. The van der Waals surface area contributed by atoms with Crippen molar-refractivity contribution in [1.29, 1.82) is 0 Å². The average Bonchev–Trinajstić information content (AvgIpc) is 2.47. The summed E-state index contributed by atoms with van der Waals surface area (Å²) < 4.78 is 4.97. The van der Waals surface area contributed by atoms with Gasteiger partial charge in [0, 0.05) is 11.8 Å². The molecule has 0 aliphatic rings. The lowest BCUT2D eigenvalue weighted by atomic mass is 10.2. The molecule has 108 valence electrons. The number of phenols is 2. The molecule has 6 heteroatoms. The van der Waals surface area contributed by atoms with Crippen molar-refractivity contribution in [3.05, 3.63) is 47.5 Å². The largest absolute Gasteiger partial charge is 0.506 e. The van der Waals surface area contributed by atoms with Gasteiger partial charge in [-0.25, -0.2) is 4.79 Å². The number of carbonyl (C=O) groups is 1. The number of nitrogens with zero attached hydrogens (tertiary/aromatic N) is 1. The third-order valence-electron chi connectivity index (χ3n) is 2.82. The van der Waals surface area contributed by atoms with E-state index in [1.807, 2.05) is 0 Å². The molecule has 0 saturated carbocycles. The van der Waals surface area contributed by atoms with Crippen LogP contribution in [0.5, 0.6) is 17.2 Å². The van der Waals surface area contributed by atoms with Crippen LogP contribution in [0.3, 0.4) is 0 Å². The number of benzene rings is 2. The van der Waals surface area contributed by atoms with Crippen molar-refractivity contribution in [3.8, 4) is 17.2 Å². The Balaban J connectivity index is 2.38. The van der Waals surface area contributed by atoms with Crippen LogP contribution in [0.2, 0.25) is 0 Å². The third kappa shape index (κ3) is 3.11. The molecule has 0 saturated heterocycles. The van der Waals surface area contributed by atoms with Crippen molar-refractivity contribution in [2.75, 3.05) is 7.11 Å². The zero-order valence-electron chi connectivity index (χ0n) is 11.1. The summed E-state index contributed by atoms with van der Waals surface area (Å²) in [4.78, 5) is 14.9. The van der Waals surface area contributed by atoms with Crippen LogP contribution in [0.4, 0.5) is 5.69 Å². The van der Waals surface area contributed by atoms with E-state index >= 15 is 0 Å². The third-order valence-corrected chi connectivity index (χ3v) is 2.82. The zero-order valence-corrected chi connectivity index (χ0v) is 11.1. The summed E-state index contributed by atoms with van der Waals surface area (Å²) in [6.07, 6.45) is 1.32. The maximum Gasteiger partial charge on any atom is 0.335 e. The molecule has 3 N–H and O–H groups in total. The fourth-order valence-electron chi connectivity index (χ4n) is 1.71. The van der Waals surface area contributed by atoms with Gasteiger partial charge in [-0.1, -0.05) is 6.07 Å². The normalized spacial score (nSPS) is 10.7. The predicted octanol–water partition coefficient (Wildman–Crippen LogP) is 2.56. The Labute approximate surface area is 120 Å². The first-order valence-electron chi connectivity index (χ1n) is 5.99. The van der Waals surface area contributed by atoms with E-state index in [-0.39, 0.29) is 22.7 Å². The van der Waals surface area contributed by atoms with Gasteiger partial charge >= 0.3 is 5.97 Å². The molecule has 2 rings (SSSR count). The fourth-order valence-corrected chi connectivity index (χ4v) is 1.71. The van der Waals surface area contributed by atoms with E-state index in [9.17, 15) is 15.0 Å². The first-order valence-corrected chi connectivity index (χ1v) is 5.99. The topological polar surface area (TPSA) is 99.4 Å². The lowest BCUT2D eigenvalue weighted by Gasteiger charge is -2.05. The molecule has 0 spiro atoms. The highest BCUT2D eigenvalue weighted by molar-refractivity contribution is 5.91. The van der Waals surface area contributed by atoms with Crippen molar-refractivity contribution in [1.82, 2.24) is 0 Å². The van der Waals surface area contributed by atoms with Crippen LogP contribution in [0, 0.1) is 0 Å². The lowest BCUT2D eigenvalue weighted by molar-refractivity contribution is 0.0697. The Kier molecular flexibility index (Phi) is 4.08. The summed E-state index contributed by atoms with van der Waals surface area (Å²) >= 11 is 0. The van der Waals surface area contributed by atoms with Gasteiger partial charge in [-0.3, -0.25) is 4.99 Å². The van der Waals surface area contributed by atoms with E-state index < -0.39 is 5.97 Å². The van der Waals surface area contributed by atoms with Crippen LogP contribution in [-0.4, -0.2) is 34.6 Å². The van der Waals surface area contributed by atoms with Gasteiger partial charge in [-0.2, -0.15) is 0 Å². The van der Waals surface area contributed by atoms with Gasteiger partial charge in [0.05, 0.1) is 12.7 Å². The second-order valence-corrected chi connectivity index (χ2v) is 4.16. The molecule has 0 heterocycles. The van der Waals surface area contributed by atoms with Crippen molar-refractivity contribution in [2.45, 2.75) is 0 Å². The number of methoxy groups -OCH3 is 1. The number of carboxylic acid groups (broad SMARTS) is 1. The number of aliphatic imine (C=N–C) groups is 1. The van der Waals surface area contributed by atoms with Crippen LogP contribution in [0.15, 0.2) is 41.4 Å². The maximum absolute atomic E-state index is 10.9. The Morgan fingerprint density at radius 2 is 2.00 bits per heavy atom. The second-order valence-electron chi connectivity index (χ2n) is 4.16. The van der Waals surface area contributed by atoms with E-state index in [4.69, 9.17) is 9.84 Å². The molecule has 0 aliphatic heterocycles. The van der Waals surface area contributed by atoms with Crippen LogP contribution >= 0.6 is 0 Å². The maximum atomic E-state index is 10.9. The minimum atomic E-state index is -1.12. The van der Waals surface area contributed by atoms with E-state index in [2.05, 4.69) is 4.99 Å². The number of phenolic OH excluding ortho intramolecular Hbond substituents is 2. The van der Waals surface area contributed by atoms with Gasteiger partial charge in [0.1, 0.15) is 11.4 Å². The molecule has 0 radical (unpaired) electrons. The van der Waals surface area contributed by atoms with Crippen molar-refractivity contribution >= 4 is 17.9 Å². The first-order chi connectivity index (χ1) is 10.0. The van der Waals surface area contributed by atoms with E-state index in [0.29, 0.717) is 11.3 Å². The quantitative estimate of drug-likeness (QED) is 0.750. The molecule has 0 aliphatic carbocycles. The number of hydrogen-bond acceptors (Lipinski definition) is 5. The number of hydrogen-bond donors (Lipinski definition) is 3. The molecule has 2 aromatic carbocycles. The molecule has 0 fully saturated rings. The van der Waals surface area contributed by atoms with Gasteiger partial charge in [-0.05, 0) is 30.3 Å². The van der Waals surface area contributed by atoms with Gasteiger partial charge in [0.2, 0.25) is 0 Å². The van der Waals surface area contributed by atoms with Crippen molar-refractivity contribution < 1.29 is 24.9 Å². The standard InChI is InChI=1S/C15H13NO5/c1-21-13-4-2-3-10(14(13)18)8-16-11-7-9(15(19)20)5-6-12(11)17/h2-8,17-18H,1H3,(H,19,20). The smallest absolute Gasteiger partial charge is 0.335 e. The predicted molar refractivity (Wildman–Crippen MR) is 77.0 cm³/mol. The molecular formula is C15H13NO5. The van der Waals surface area contributed by atoms with Crippen molar-refractivity contribution in [3.63, 3.8) is 0 Å². The fraction of sp³-hybridized carbons (Fsp3) is 0.0667. The highest BCUT2D eigenvalue weighted by Gasteiger charge is 2.08. The van der Waals surface area contributed by atoms with Gasteiger partial charge < -0.3 is 20.1 Å². The number of para-hydroxylation sites is 1. The minimum Gasteiger partial charge on any atom is -0.506 e. The monoisotopic (exact) mass is 287 g/mol. The summed E-state index contributed by atoms with van der Waals surface area (Å²) in [7, 11) is 1.43. The highest BCUT2D eigenvalue weighted by Crippen LogP contribution is 2.30. The van der Waals surface area contributed by atoms with Crippen LogP contribution < -0.4 is 4.74 Å². The van der Waals surface area contributed by atoms with E-state index in [0.717, 1.165) is 0 Å². The van der Waals surface area contributed by atoms with E-state index in [1.165, 1.54) is 31.5 Å². The number of aromatic hydroxyl groups is 2. The number of ether oxygens (including phenoxy) is 1. The molecule has 2 aromatic rings. The Morgan fingerprint density at radius 3 is 2.67 bits per heavy atom. The molecule has 0 bridgehead atoms. The summed E-state index contributed by atoms with van der Waals surface area (Å²) in [5, 5.41) is 28.5. The molecule has 0 atom stereocenters. The van der Waals surface area contributed by atoms with Crippen LogP contribution in [0.1, 0.15) is 15.9 Å². The van der Waals surface area contributed by atoms with Crippen molar-refractivity contribution in [2.24, 2.45) is 4.99 Å². The Bertz CT molecular complexity index is 709. The zero-order chi connectivity index (χ0) is 15.4. The minimum absolute atomic E-state index is 0.00909. The van der Waals surface area contributed by atoms with Gasteiger partial charge in [-0.15, -0.1) is 0 Å². The van der Waals surface area contributed by atoms with Gasteiger partial charge in [0.15, 0.2) is 11.5 Å². The van der Waals surface area contributed by atoms with Crippen LogP contribution in [-0.2, 0) is 0 Å². The van der Waals surface area contributed by atoms with Gasteiger partial charge in [0.25, 0.3) is 0 Å². The molecule has 0 unspecified atom stereocenters. The number of aromatic carboxylic acids is 1. The second kappa shape index (κ2) is 5.96. The first kappa shape index (κ1) is 14.4. The molecule has 0 aromatic heterocycles. The SMILES string of the molecule is COc1cccc(C=Nc2cc(C(=O)O)ccc2O)c1O. The summed E-state index contributed by atoms with van der Waals surface area (Å²) in [5.41, 5.74) is 0.487. The Morgan fingerprint density at radius 1 is 1.24 bits per heavy atom. The molecule has 21 heavy (non-hydrogen) atoms. The molecule has 0 amide bonds. The molecule has 6 nitrogen and oxygen atoms in total. The summed E-state index contributed by atoms with van der Waals surface area (Å²) in [6, 6.07) is 8.65. The van der Waals surface area contributed by atoms with Crippen LogP contribution in [0.25, 0.3) is 0 Å². The van der Waals surface area contributed by atoms with E-state index in [1.54, 1.807) is 18.2 Å². The number of carboxylic acids is 1. The summed E-state index contributed by atoms with van der Waals surface area (Å²) in [6.45, 7) is 0. The number of rotatable bonds is 4. The highest BCUT2D eigenvalue weighted by atomic mass is 16.5. The Hall–Kier alpha value is -3.02. The molecular weight excluding hydrogens is 274 g/mol. The summed E-state index contributed by atoms with van der Waals surface area (Å²) in [5.74, 6) is -1.06.